The number of hydrogen-bond donors (Lipinski definition) is 1. The number of fused-ring (bicyclic) bond motifs is 1. The highest BCUT2D eigenvalue weighted by atomic mass is 16.5. The predicted molar refractivity (Wildman–Crippen MR) is 77.0 cm³/mol. The van der Waals surface area contributed by atoms with Crippen LogP contribution < -0.4 is 4.74 Å². The number of benzene rings is 2. The fourth-order valence-corrected chi connectivity index (χ4v) is 2.01. The van der Waals surface area contributed by atoms with Crippen LogP contribution in [0.5, 0.6) is 5.75 Å². The first-order valence-electron chi connectivity index (χ1n) is 6.37. The summed E-state index contributed by atoms with van der Waals surface area (Å²) >= 11 is 0. The van der Waals surface area contributed by atoms with Crippen LogP contribution in [0.25, 0.3) is 11.0 Å². The molecule has 0 saturated carbocycles. The van der Waals surface area contributed by atoms with Crippen LogP contribution in [0, 0.1) is 13.8 Å². The van der Waals surface area contributed by atoms with Crippen LogP contribution in [-0.4, -0.2) is 15.9 Å². The topological polar surface area (TPSA) is 55.0 Å². The van der Waals surface area contributed by atoms with Gasteiger partial charge in [0.05, 0.1) is 11.0 Å². The lowest BCUT2D eigenvalue weighted by Gasteiger charge is -2.00. The molecule has 0 aliphatic carbocycles. The predicted octanol–water partition coefficient (Wildman–Crippen LogP) is 3.40. The Balaban J connectivity index is 1.92. The van der Waals surface area contributed by atoms with Crippen molar-refractivity contribution in [1.82, 2.24) is 9.97 Å². The van der Waals surface area contributed by atoms with Gasteiger partial charge in [-0.25, -0.2) is 9.78 Å². The van der Waals surface area contributed by atoms with E-state index in [0.29, 0.717) is 5.75 Å². The number of esters is 1. The van der Waals surface area contributed by atoms with Gasteiger partial charge in [-0.05, 0) is 49.2 Å². The lowest BCUT2D eigenvalue weighted by molar-refractivity contribution is 0.0723. The molecule has 4 heteroatoms. The van der Waals surface area contributed by atoms with Crippen molar-refractivity contribution >= 4 is 17.0 Å². The Morgan fingerprint density at radius 2 is 1.80 bits per heavy atom. The molecule has 0 radical (unpaired) electrons. The maximum absolute atomic E-state index is 12.0. The molecule has 0 aliphatic rings. The molecule has 1 N–H and O–H groups in total. The lowest BCUT2D eigenvalue weighted by Crippen LogP contribution is -2.10. The molecule has 100 valence electrons. The number of rotatable bonds is 2. The molecule has 0 aliphatic heterocycles. The SMILES string of the molecule is Cc1cc2nc(C(=O)Oc3ccccc3)[nH]c2cc1C. The van der Waals surface area contributed by atoms with E-state index < -0.39 is 5.97 Å². The standard InChI is InChI=1S/C16H14N2O2/c1-10-8-13-14(9-11(10)2)18-15(17-13)16(19)20-12-6-4-3-5-7-12/h3-9H,1-2H3,(H,17,18). The highest BCUT2D eigenvalue weighted by molar-refractivity contribution is 5.91. The van der Waals surface area contributed by atoms with Gasteiger partial charge in [0.1, 0.15) is 5.75 Å². The number of aromatic nitrogens is 2. The van der Waals surface area contributed by atoms with E-state index in [0.717, 1.165) is 22.2 Å². The van der Waals surface area contributed by atoms with Crippen molar-refractivity contribution in [2.24, 2.45) is 0 Å². The first-order valence-corrected chi connectivity index (χ1v) is 6.37. The summed E-state index contributed by atoms with van der Waals surface area (Å²) in [5.74, 6) is 0.238. The molecule has 20 heavy (non-hydrogen) atoms. The number of carbonyl (C=O) groups excluding carboxylic acids is 1. The van der Waals surface area contributed by atoms with E-state index in [1.54, 1.807) is 12.1 Å². The van der Waals surface area contributed by atoms with E-state index in [2.05, 4.69) is 9.97 Å². The summed E-state index contributed by atoms with van der Waals surface area (Å²) in [7, 11) is 0. The lowest BCUT2D eigenvalue weighted by atomic mass is 10.1. The Bertz CT molecular complexity index is 737. The third-order valence-corrected chi connectivity index (χ3v) is 3.24. The van der Waals surface area contributed by atoms with Gasteiger partial charge >= 0.3 is 5.97 Å². The number of hydrogen-bond acceptors (Lipinski definition) is 3. The van der Waals surface area contributed by atoms with E-state index in [1.807, 2.05) is 44.2 Å². The maximum atomic E-state index is 12.0. The molecule has 0 amide bonds. The minimum atomic E-state index is -0.484. The first kappa shape index (κ1) is 12.4. The van der Waals surface area contributed by atoms with Crippen molar-refractivity contribution in [1.29, 1.82) is 0 Å². The number of aryl methyl sites for hydroxylation is 2. The fourth-order valence-electron chi connectivity index (χ4n) is 2.01. The minimum Gasteiger partial charge on any atom is -0.421 e. The largest absolute Gasteiger partial charge is 0.421 e. The van der Waals surface area contributed by atoms with Gasteiger partial charge in [-0.1, -0.05) is 18.2 Å². The monoisotopic (exact) mass is 266 g/mol. The van der Waals surface area contributed by atoms with E-state index in [1.165, 1.54) is 0 Å². The Morgan fingerprint density at radius 3 is 2.55 bits per heavy atom. The van der Waals surface area contributed by atoms with Gasteiger partial charge in [-0.2, -0.15) is 0 Å². The molecule has 0 fully saturated rings. The maximum Gasteiger partial charge on any atom is 0.379 e. The van der Waals surface area contributed by atoms with Crippen LogP contribution in [0.2, 0.25) is 0 Å². The minimum absolute atomic E-state index is 0.217. The van der Waals surface area contributed by atoms with Gasteiger partial charge in [0, 0.05) is 0 Å². The number of imidazole rings is 1. The summed E-state index contributed by atoms with van der Waals surface area (Å²) in [4.78, 5) is 19.3. The van der Waals surface area contributed by atoms with Crippen LogP contribution in [0.3, 0.4) is 0 Å². The highest BCUT2D eigenvalue weighted by Gasteiger charge is 2.14. The highest BCUT2D eigenvalue weighted by Crippen LogP contribution is 2.18. The second-order valence-electron chi connectivity index (χ2n) is 4.74. The molecule has 0 saturated heterocycles. The molecule has 0 unspecified atom stereocenters. The quantitative estimate of drug-likeness (QED) is 0.571. The molecule has 0 atom stereocenters. The summed E-state index contributed by atoms with van der Waals surface area (Å²) < 4.78 is 5.26. The number of para-hydroxylation sites is 1. The van der Waals surface area contributed by atoms with E-state index in [9.17, 15) is 4.79 Å². The van der Waals surface area contributed by atoms with Crippen molar-refractivity contribution in [2.75, 3.05) is 0 Å². The van der Waals surface area contributed by atoms with Crippen molar-refractivity contribution in [3.05, 3.63) is 59.4 Å². The Kier molecular flexibility index (Phi) is 2.99. The van der Waals surface area contributed by atoms with Crippen LogP contribution in [0.15, 0.2) is 42.5 Å². The van der Waals surface area contributed by atoms with Crippen molar-refractivity contribution < 1.29 is 9.53 Å². The fraction of sp³-hybridized carbons (Fsp3) is 0.125. The number of carbonyl (C=O) groups is 1. The van der Waals surface area contributed by atoms with Crippen molar-refractivity contribution in [2.45, 2.75) is 13.8 Å². The summed E-state index contributed by atoms with van der Waals surface area (Å²) in [5.41, 5.74) is 3.91. The van der Waals surface area contributed by atoms with Crippen molar-refractivity contribution in [3.63, 3.8) is 0 Å². The number of nitrogens with zero attached hydrogens (tertiary/aromatic N) is 1. The summed E-state index contributed by atoms with van der Waals surface area (Å²) in [6.45, 7) is 4.04. The number of aromatic amines is 1. The molecule has 2 aromatic carbocycles. The molecule has 1 heterocycles. The molecule has 3 aromatic rings. The zero-order chi connectivity index (χ0) is 14.1. The van der Waals surface area contributed by atoms with E-state index in [4.69, 9.17) is 4.74 Å². The van der Waals surface area contributed by atoms with Gasteiger partial charge in [-0.3, -0.25) is 0 Å². The summed E-state index contributed by atoms with van der Waals surface area (Å²) in [5, 5.41) is 0. The molecule has 1 aromatic heterocycles. The second kappa shape index (κ2) is 4.81. The average molecular weight is 266 g/mol. The van der Waals surface area contributed by atoms with E-state index in [-0.39, 0.29) is 5.82 Å². The summed E-state index contributed by atoms with van der Waals surface area (Å²) in [6, 6.07) is 12.9. The third-order valence-electron chi connectivity index (χ3n) is 3.24. The van der Waals surface area contributed by atoms with Crippen LogP contribution in [-0.2, 0) is 0 Å². The third kappa shape index (κ3) is 2.28. The molecule has 0 bridgehead atoms. The molecular weight excluding hydrogens is 252 g/mol. The first-order chi connectivity index (χ1) is 9.63. The van der Waals surface area contributed by atoms with Crippen LogP contribution in [0.1, 0.15) is 21.7 Å². The van der Waals surface area contributed by atoms with Gasteiger partial charge in [0.25, 0.3) is 0 Å². The van der Waals surface area contributed by atoms with Crippen LogP contribution >= 0.6 is 0 Å². The van der Waals surface area contributed by atoms with Crippen LogP contribution in [0.4, 0.5) is 0 Å². The molecule has 0 spiro atoms. The molecular formula is C16H14N2O2. The number of H-pyrrole nitrogens is 1. The smallest absolute Gasteiger partial charge is 0.379 e. The van der Waals surface area contributed by atoms with Gasteiger partial charge < -0.3 is 9.72 Å². The van der Waals surface area contributed by atoms with Gasteiger partial charge in [0.15, 0.2) is 0 Å². The second-order valence-corrected chi connectivity index (χ2v) is 4.74. The molecule has 4 nitrogen and oxygen atoms in total. The number of nitrogens with one attached hydrogen (secondary N) is 1. The molecule has 3 rings (SSSR count). The Morgan fingerprint density at radius 1 is 1.10 bits per heavy atom. The van der Waals surface area contributed by atoms with E-state index >= 15 is 0 Å². The Hall–Kier alpha value is -2.62. The normalized spacial score (nSPS) is 10.7. The zero-order valence-electron chi connectivity index (χ0n) is 11.3. The van der Waals surface area contributed by atoms with Crippen molar-refractivity contribution in [3.8, 4) is 5.75 Å². The Labute approximate surface area is 116 Å². The zero-order valence-corrected chi connectivity index (χ0v) is 11.3. The van der Waals surface area contributed by atoms with Gasteiger partial charge in [0.2, 0.25) is 5.82 Å². The average Bonchev–Trinajstić information content (AvgIpc) is 2.83. The van der Waals surface area contributed by atoms with Gasteiger partial charge in [-0.15, -0.1) is 0 Å². The number of ether oxygens (including phenoxy) is 1. The summed E-state index contributed by atoms with van der Waals surface area (Å²) in [6.07, 6.45) is 0.